The number of hydrogen-bond donors (Lipinski definition) is 2. The van der Waals surface area contributed by atoms with Crippen molar-refractivity contribution >= 4 is 11.6 Å². The summed E-state index contributed by atoms with van der Waals surface area (Å²) < 4.78 is 5.03. The molecule has 0 saturated carbocycles. The third-order valence-corrected chi connectivity index (χ3v) is 2.63. The highest BCUT2D eigenvalue weighted by atomic mass is 16.5. The van der Waals surface area contributed by atoms with Gasteiger partial charge >= 0.3 is 0 Å². The molecule has 1 heterocycles. The van der Waals surface area contributed by atoms with Crippen LogP contribution in [0, 0.1) is 6.92 Å². The molecular weight excluding hydrogens is 242 g/mol. The molecule has 1 amide bonds. The topological polar surface area (TPSA) is 67.2 Å². The third kappa shape index (κ3) is 3.58. The lowest BCUT2D eigenvalue weighted by Crippen LogP contribution is -2.22. The van der Waals surface area contributed by atoms with Gasteiger partial charge in [0, 0.05) is 23.9 Å². The van der Waals surface area contributed by atoms with Gasteiger partial charge in [0.15, 0.2) is 5.76 Å². The average molecular weight is 259 g/mol. The number of rotatable bonds is 5. The fourth-order valence-electron chi connectivity index (χ4n) is 1.71. The summed E-state index contributed by atoms with van der Waals surface area (Å²) in [5.74, 6) is 0.521. The number of anilines is 1. The molecule has 0 aliphatic rings. The Hall–Kier alpha value is -2.30. The number of aryl methyl sites for hydroxylation is 1. The molecule has 0 saturated heterocycles. The van der Waals surface area contributed by atoms with E-state index in [0.717, 1.165) is 17.9 Å². The smallest absolute Gasteiger partial charge is 0.251 e. The van der Waals surface area contributed by atoms with Crippen molar-refractivity contribution in [1.29, 1.82) is 0 Å². The molecule has 0 aliphatic heterocycles. The Labute approximate surface area is 112 Å². The zero-order valence-electron chi connectivity index (χ0n) is 11.1. The predicted octanol–water partition coefficient (Wildman–Crippen LogP) is 2.34. The van der Waals surface area contributed by atoms with Crippen molar-refractivity contribution in [2.45, 2.75) is 20.4 Å². The molecule has 0 spiro atoms. The molecular formula is C14H17N3O2. The summed E-state index contributed by atoms with van der Waals surface area (Å²) >= 11 is 0. The summed E-state index contributed by atoms with van der Waals surface area (Å²) in [6.45, 7) is 5.07. The molecule has 0 bridgehead atoms. The SMILES string of the molecule is CCNc1ccc(C(=O)NCc2cc(C)no2)cc1. The molecule has 5 nitrogen and oxygen atoms in total. The molecule has 2 rings (SSSR count). The highest BCUT2D eigenvalue weighted by Crippen LogP contribution is 2.09. The van der Waals surface area contributed by atoms with E-state index in [2.05, 4.69) is 15.8 Å². The van der Waals surface area contributed by atoms with Crippen LogP contribution >= 0.6 is 0 Å². The number of hydrogen-bond acceptors (Lipinski definition) is 4. The van der Waals surface area contributed by atoms with Crippen LogP contribution in [0.5, 0.6) is 0 Å². The van der Waals surface area contributed by atoms with Gasteiger partial charge < -0.3 is 15.2 Å². The van der Waals surface area contributed by atoms with Crippen molar-refractivity contribution in [3.63, 3.8) is 0 Å². The minimum absolute atomic E-state index is 0.128. The van der Waals surface area contributed by atoms with Crippen LogP contribution in [-0.2, 0) is 6.54 Å². The first-order valence-corrected chi connectivity index (χ1v) is 6.23. The standard InChI is InChI=1S/C14H17N3O2/c1-3-15-12-6-4-11(5-7-12)14(18)16-9-13-8-10(2)17-19-13/h4-8,15H,3,9H2,1-2H3,(H,16,18). The van der Waals surface area contributed by atoms with Gasteiger partial charge in [-0.1, -0.05) is 5.16 Å². The summed E-state index contributed by atoms with van der Waals surface area (Å²) in [4.78, 5) is 11.9. The number of carbonyl (C=O) groups excluding carboxylic acids is 1. The van der Waals surface area contributed by atoms with Crippen LogP contribution in [0.25, 0.3) is 0 Å². The molecule has 0 fully saturated rings. The van der Waals surface area contributed by atoms with Crippen molar-refractivity contribution in [1.82, 2.24) is 10.5 Å². The van der Waals surface area contributed by atoms with Gasteiger partial charge in [-0.15, -0.1) is 0 Å². The van der Waals surface area contributed by atoms with Gasteiger partial charge in [-0.05, 0) is 38.1 Å². The highest BCUT2D eigenvalue weighted by Gasteiger charge is 2.07. The van der Waals surface area contributed by atoms with E-state index in [1.165, 1.54) is 0 Å². The Bertz CT molecular complexity index is 546. The maximum absolute atomic E-state index is 11.9. The van der Waals surface area contributed by atoms with Crippen LogP contribution < -0.4 is 10.6 Å². The van der Waals surface area contributed by atoms with Gasteiger partial charge in [0.25, 0.3) is 5.91 Å². The van der Waals surface area contributed by atoms with E-state index < -0.39 is 0 Å². The fourth-order valence-corrected chi connectivity index (χ4v) is 1.71. The van der Waals surface area contributed by atoms with Gasteiger partial charge in [-0.2, -0.15) is 0 Å². The van der Waals surface area contributed by atoms with E-state index in [1.807, 2.05) is 26.0 Å². The lowest BCUT2D eigenvalue weighted by atomic mass is 10.2. The Morgan fingerprint density at radius 2 is 2.05 bits per heavy atom. The minimum atomic E-state index is -0.128. The van der Waals surface area contributed by atoms with Gasteiger partial charge in [0.05, 0.1) is 12.2 Å². The molecule has 5 heteroatoms. The molecule has 0 unspecified atom stereocenters. The first kappa shape index (κ1) is 13.1. The van der Waals surface area contributed by atoms with Crippen LogP contribution in [0.15, 0.2) is 34.9 Å². The summed E-state index contributed by atoms with van der Waals surface area (Å²) in [5.41, 5.74) is 2.43. The number of nitrogens with zero attached hydrogens (tertiary/aromatic N) is 1. The highest BCUT2D eigenvalue weighted by molar-refractivity contribution is 5.94. The predicted molar refractivity (Wildman–Crippen MR) is 73.0 cm³/mol. The van der Waals surface area contributed by atoms with Crippen molar-refractivity contribution in [2.24, 2.45) is 0 Å². The van der Waals surface area contributed by atoms with Crippen LogP contribution in [0.4, 0.5) is 5.69 Å². The zero-order valence-corrected chi connectivity index (χ0v) is 11.1. The quantitative estimate of drug-likeness (QED) is 0.865. The second-order valence-electron chi connectivity index (χ2n) is 4.22. The van der Waals surface area contributed by atoms with Gasteiger partial charge in [-0.25, -0.2) is 0 Å². The molecule has 100 valence electrons. The summed E-state index contributed by atoms with van der Waals surface area (Å²) in [7, 11) is 0. The summed E-state index contributed by atoms with van der Waals surface area (Å²) in [5, 5.41) is 9.73. The number of carbonyl (C=O) groups is 1. The summed E-state index contributed by atoms with van der Waals surface area (Å²) in [6, 6.07) is 9.15. The van der Waals surface area contributed by atoms with Gasteiger partial charge in [0.2, 0.25) is 0 Å². The first-order valence-electron chi connectivity index (χ1n) is 6.23. The Balaban J connectivity index is 1.92. The van der Waals surface area contributed by atoms with Crippen LogP contribution in [-0.4, -0.2) is 17.6 Å². The maximum Gasteiger partial charge on any atom is 0.251 e. The second-order valence-corrected chi connectivity index (χ2v) is 4.22. The van der Waals surface area contributed by atoms with Crippen LogP contribution in [0.3, 0.4) is 0 Å². The van der Waals surface area contributed by atoms with E-state index in [9.17, 15) is 4.79 Å². The van der Waals surface area contributed by atoms with Crippen molar-refractivity contribution in [2.75, 3.05) is 11.9 Å². The average Bonchev–Trinajstić information content (AvgIpc) is 2.83. The number of nitrogens with one attached hydrogen (secondary N) is 2. The molecule has 0 aliphatic carbocycles. The molecule has 1 aromatic heterocycles. The van der Waals surface area contributed by atoms with E-state index >= 15 is 0 Å². The Morgan fingerprint density at radius 1 is 1.32 bits per heavy atom. The van der Waals surface area contributed by atoms with E-state index in [0.29, 0.717) is 17.9 Å². The lowest BCUT2D eigenvalue weighted by molar-refractivity contribution is 0.0947. The molecule has 1 aromatic carbocycles. The monoisotopic (exact) mass is 259 g/mol. The third-order valence-electron chi connectivity index (χ3n) is 2.63. The molecule has 19 heavy (non-hydrogen) atoms. The number of amides is 1. The lowest BCUT2D eigenvalue weighted by Gasteiger charge is -2.05. The largest absolute Gasteiger partial charge is 0.385 e. The zero-order chi connectivity index (χ0) is 13.7. The number of benzene rings is 1. The molecule has 2 aromatic rings. The Morgan fingerprint density at radius 3 is 2.63 bits per heavy atom. The van der Waals surface area contributed by atoms with Crippen molar-refractivity contribution in [3.05, 3.63) is 47.3 Å². The Kier molecular flexibility index (Phi) is 4.18. The van der Waals surface area contributed by atoms with E-state index in [1.54, 1.807) is 18.2 Å². The van der Waals surface area contributed by atoms with Crippen molar-refractivity contribution in [3.8, 4) is 0 Å². The van der Waals surface area contributed by atoms with Gasteiger partial charge in [0.1, 0.15) is 0 Å². The van der Waals surface area contributed by atoms with E-state index in [4.69, 9.17) is 4.52 Å². The first-order chi connectivity index (χ1) is 9.19. The summed E-state index contributed by atoms with van der Waals surface area (Å²) in [6.07, 6.45) is 0. The second kappa shape index (κ2) is 6.04. The normalized spacial score (nSPS) is 10.2. The van der Waals surface area contributed by atoms with E-state index in [-0.39, 0.29) is 5.91 Å². The van der Waals surface area contributed by atoms with Gasteiger partial charge in [-0.3, -0.25) is 4.79 Å². The molecule has 0 radical (unpaired) electrons. The molecule has 0 atom stereocenters. The van der Waals surface area contributed by atoms with Crippen LogP contribution in [0.2, 0.25) is 0 Å². The van der Waals surface area contributed by atoms with Crippen LogP contribution in [0.1, 0.15) is 28.7 Å². The molecule has 2 N–H and O–H groups in total. The number of aromatic nitrogens is 1. The minimum Gasteiger partial charge on any atom is -0.385 e. The van der Waals surface area contributed by atoms with Crippen molar-refractivity contribution < 1.29 is 9.32 Å². The fraction of sp³-hybridized carbons (Fsp3) is 0.286. The maximum atomic E-state index is 11.9.